The highest BCUT2D eigenvalue weighted by molar-refractivity contribution is 5.97. The number of para-hydroxylation sites is 1. The zero-order valence-electron chi connectivity index (χ0n) is 19.7. The minimum absolute atomic E-state index is 0.0202. The Morgan fingerprint density at radius 1 is 1.03 bits per heavy atom. The minimum Gasteiger partial charge on any atom is -0.497 e. The Morgan fingerprint density at radius 3 is 2.54 bits per heavy atom. The van der Waals surface area contributed by atoms with Crippen molar-refractivity contribution in [2.24, 2.45) is 5.92 Å². The quantitative estimate of drug-likeness (QED) is 0.401. The molecule has 4 aromatic rings. The molecule has 2 heterocycles. The highest BCUT2D eigenvalue weighted by atomic mass is 16.5. The number of benzene rings is 3. The van der Waals surface area contributed by atoms with Gasteiger partial charge in [-0.15, -0.1) is 0 Å². The molecule has 1 aliphatic rings. The molecular formula is C29H29N3O3. The largest absolute Gasteiger partial charge is 0.497 e. The fourth-order valence-electron chi connectivity index (χ4n) is 5.04. The number of H-pyrrole nitrogens is 1. The number of aromatic amines is 1. The van der Waals surface area contributed by atoms with Gasteiger partial charge in [0.1, 0.15) is 5.75 Å². The Hall–Kier alpha value is -4.06. The van der Waals surface area contributed by atoms with E-state index in [1.807, 2.05) is 72.9 Å². The van der Waals surface area contributed by atoms with Crippen molar-refractivity contribution in [3.05, 3.63) is 96.2 Å². The van der Waals surface area contributed by atoms with E-state index < -0.39 is 0 Å². The maximum absolute atomic E-state index is 13.5. The van der Waals surface area contributed by atoms with Crippen molar-refractivity contribution in [3.8, 4) is 5.75 Å². The molecule has 5 rings (SSSR count). The number of anilines is 1. The summed E-state index contributed by atoms with van der Waals surface area (Å²) >= 11 is 0. The molecule has 6 nitrogen and oxygen atoms in total. The third kappa shape index (κ3) is 4.64. The van der Waals surface area contributed by atoms with Gasteiger partial charge < -0.3 is 19.9 Å². The molecule has 1 aliphatic heterocycles. The predicted octanol–water partition coefficient (Wildman–Crippen LogP) is 5.02. The summed E-state index contributed by atoms with van der Waals surface area (Å²) in [4.78, 5) is 31.7. The Morgan fingerprint density at radius 2 is 1.77 bits per heavy atom. The van der Waals surface area contributed by atoms with Crippen molar-refractivity contribution in [2.75, 3.05) is 18.6 Å². The minimum atomic E-state index is -0.376. The van der Waals surface area contributed by atoms with Crippen molar-refractivity contribution in [1.82, 2.24) is 10.3 Å². The lowest BCUT2D eigenvalue weighted by Gasteiger charge is -2.41. The van der Waals surface area contributed by atoms with Crippen molar-refractivity contribution >= 4 is 28.4 Å². The van der Waals surface area contributed by atoms with E-state index >= 15 is 0 Å². The van der Waals surface area contributed by atoms with Gasteiger partial charge >= 0.3 is 0 Å². The zero-order valence-corrected chi connectivity index (χ0v) is 19.7. The normalized spacial score (nSPS) is 18.0. The molecule has 35 heavy (non-hydrogen) atoms. The molecule has 0 bridgehead atoms. The van der Waals surface area contributed by atoms with Crippen LogP contribution < -0.4 is 15.0 Å². The van der Waals surface area contributed by atoms with Crippen LogP contribution in [-0.2, 0) is 16.0 Å². The maximum atomic E-state index is 13.5. The number of amides is 2. The molecule has 1 aromatic heterocycles. The summed E-state index contributed by atoms with van der Waals surface area (Å²) in [5.41, 5.74) is 3.99. The number of methoxy groups -OCH3 is 1. The summed E-state index contributed by atoms with van der Waals surface area (Å²) in [6.45, 7) is 0.537. The van der Waals surface area contributed by atoms with Crippen molar-refractivity contribution < 1.29 is 14.3 Å². The van der Waals surface area contributed by atoms with E-state index in [1.54, 1.807) is 12.0 Å². The van der Waals surface area contributed by atoms with Crippen LogP contribution >= 0.6 is 0 Å². The van der Waals surface area contributed by atoms with Gasteiger partial charge in [0.25, 0.3) is 0 Å². The number of nitrogens with zero attached hydrogens (tertiary/aromatic N) is 1. The fourth-order valence-corrected chi connectivity index (χ4v) is 5.04. The average molecular weight is 468 g/mol. The fraction of sp³-hybridized carbons (Fsp3) is 0.241. The smallest absolute Gasteiger partial charge is 0.227 e. The number of hydrogen-bond acceptors (Lipinski definition) is 3. The van der Waals surface area contributed by atoms with Crippen molar-refractivity contribution in [1.29, 1.82) is 0 Å². The van der Waals surface area contributed by atoms with Crippen LogP contribution in [0.25, 0.3) is 10.9 Å². The lowest BCUT2D eigenvalue weighted by molar-refractivity contribution is -0.129. The zero-order chi connectivity index (χ0) is 24.2. The molecule has 0 saturated carbocycles. The molecule has 178 valence electrons. The number of carbonyl (C=O) groups excluding carboxylic acids is 2. The number of carbonyl (C=O) groups is 2. The Kier molecular flexibility index (Phi) is 6.53. The molecule has 0 radical (unpaired) electrons. The second kappa shape index (κ2) is 10.1. The predicted molar refractivity (Wildman–Crippen MR) is 137 cm³/mol. The van der Waals surface area contributed by atoms with Crippen LogP contribution in [0.2, 0.25) is 0 Å². The van der Waals surface area contributed by atoms with Gasteiger partial charge in [-0.05, 0) is 54.3 Å². The van der Waals surface area contributed by atoms with Crippen LogP contribution in [0.1, 0.15) is 30.0 Å². The molecule has 0 aliphatic carbocycles. The summed E-state index contributed by atoms with van der Waals surface area (Å²) in [6, 6.07) is 25.1. The summed E-state index contributed by atoms with van der Waals surface area (Å²) in [6.07, 6.45) is 3.59. The van der Waals surface area contributed by atoms with Crippen LogP contribution in [0.3, 0.4) is 0 Å². The van der Waals surface area contributed by atoms with Crippen LogP contribution in [0.5, 0.6) is 5.75 Å². The summed E-state index contributed by atoms with van der Waals surface area (Å²) in [5, 5.41) is 4.33. The molecule has 2 N–H and O–H groups in total. The lowest BCUT2D eigenvalue weighted by Crippen LogP contribution is -2.48. The number of piperidine rings is 1. The molecule has 1 saturated heterocycles. The molecular weight excluding hydrogens is 438 g/mol. The average Bonchev–Trinajstić information content (AvgIpc) is 3.32. The van der Waals surface area contributed by atoms with Gasteiger partial charge in [0.15, 0.2) is 0 Å². The number of fused-ring (bicyclic) bond motifs is 1. The van der Waals surface area contributed by atoms with Gasteiger partial charge in [-0.2, -0.15) is 0 Å². The van der Waals surface area contributed by atoms with Gasteiger partial charge in [0.2, 0.25) is 11.8 Å². The van der Waals surface area contributed by atoms with Crippen LogP contribution in [0.4, 0.5) is 5.69 Å². The molecule has 2 amide bonds. The van der Waals surface area contributed by atoms with Crippen LogP contribution in [-0.4, -0.2) is 30.5 Å². The first-order chi connectivity index (χ1) is 17.2. The van der Waals surface area contributed by atoms with E-state index in [4.69, 9.17) is 4.74 Å². The van der Waals surface area contributed by atoms with E-state index in [2.05, 4.69) is 22.4 Å². The third-order valence-electron chi connectivity index (χ3n) is 6.79. The van der Waals surface area contributed by atoms with Crippen molar-refractivity contribution in [2.45, 2.75) is 25.3 Å². The molecule has 1 fully saturated rings. The Labute approximate surface area is 204 Å². The van der Waals surface area contributed by atoms with Crippen LogP contribution in [0.15, 0.2) is 85.1 Å². The van der Waals surface area contributed by atoms with E-state index in [0.29, 0.717) is 19.4 Å². The van der Waals surface area contributed by atoms with Gasteiger partial charge in [-0.3, -0.25) is 9.59 Å². The summed E-state index contributed by atoms with van der Waals surface area (Å²) < 4.78 is 5.29. The molecule has 3 aromatic carbocycles. The van der Waals surface area contributed by atoms with Gasteiger partial charge in [-0.1, -0.05) is 48.5 Å². The standard InChI is InChI=1S/C29H29N3O3/c1-35-23-13-11-22(12-14-23)32-27(33)16-15-25(28(32)20-7-3-2-4-8-20)29(34)30-18-17-21-19-31-26-10-6-5-9-24(21)26/h2-14,19,25,28,31H,15-18H2,1H3,(H,30,34)/t25-,28+/m1/s1. The van der Waals surface area contributed by atoms with Crippen molar-refractivity contribution in [3.63, 3.8) is 0 Å². The molecule has 0 spiro atoms. The summed E-state index contributed by atoms with van der Waals surface area (Å²) in [7, 11) is 1.62. The van der Waals surface area contributed by atoms with Gasteiger partial charge in [0, 0.05) is 35.8 Å². The number of nitrogens with one attached hydrogen (secondary N) is 2. The SMILES string of the molecule is COc1ccc(N2C(=O)CC[C@@H](C(=O)NCCc3c[nH]c4ccccc34)[C@@H]2c2ccccc2)cc1. The highest BCUT2D eigenvalue weighted by Gasteiger charge is 2.41. The Balaban J connectivity index is 1.37. The van der Waals surface area contributed by atoms with E-state index in [-0.39, 0.29) is 23.8 Å². The highest BCUT2D eigenvalue weighted by Crippen LogP contribution is 2.40. The maximum Gasteiger partial charge on any atom is 0.227 e. The number of ether oxygens (including phenoxy) is 1. The van der Waals surface area contributed by atoms with Gasteiger partial charge in [-0.25, -0.2) is 0 Å². The first kappa shape index (κ1) is 22.7. The van der Waals surface area contributed by atoms with E-state index in [9.17, 15) is 9.59 Å². The number of rotatable bonds is 7. The number of hydrogen-bond donors (Lipinski definition) is 2. The van der Waals surface area contributed by atoms with E-state index in [1.165, 1.54) is 10.9 Å². The van der Waals surface area contributed by atoms with E-state index in [0.717, 1.165) is 28.9 Å². The topological polar surface area (TPSA) is 74.4 Å². The summed E-state index contributed by atoms with van der Waals surface area (Å²) in [5.74, 6) is 0.373. The first-order valence-corrected chi connectivity index (χ1v) is 12.0. The Bertz CT molecular complexity index is 1310. The second-order valence-electron chi connectivity index (χ2n) is 8.86. The third-order valence-corrected chi connectivity index (χ3v) is 6.79. The number of aromatic nitrogens is 1. The first-order valence-electron chi connectivity index (χ1n) is 12.0. The second-order valence-corrected chi connectivity index (χ2v) is 8.86. The molecule has 0 unspecified atom stereocenters. The monoisotopic (exact) mass is 467 g/mol. The lowest BCUT2D eigenvalue weighted by atomic mass is 9.83. The molecule has 6 heteroatoms. The van der Waals surface area contributed by atoms with Crippen LogP contribution in [0, 0.1) is 5.92 Å². The van der Waals surface area contributed by atoms with Gasteiger partial charge in [0.05, 0.1) is 19.1 Å². The molecule has 2 atom stereocenters.